The van der Waals surface area contributed by atoms with Gasteiger partial charge in [0.25, 0.3) is 0 Å². The van der Waals surface area contributed by atoms with Crippen molar-refractivity contribution in [3.05, 3.63) is 28.8 Å². The van der Waals surface area contributed by atoms with Gasteiger partial charge in [-0.3, -0.25) is 4.90 Å². The lowest BCUT2D eigenvalue weighted by Gasteiger charge is -2.44. The number of likely N-dealkylation sites (N-methyl/N-ethyl adjacent to an activating group) is 1. The van der Waals surface area contributed by atoms with Crippen LogP contribution in [0.25, 0.3) is 0 Å². The molecule has 0 bridgehead atoms. The van der Waals surface area contributed by atoms with Gasteiger partial charge in [0, 0.05) is 18.5 Å². The molecule has 0 radical (unpaired) electrons. The number of ether oxygens (including phenoxy) is 4. The van der Waals surface area contributed by atoms with E-state index >= 15 is 0 Å². The van der Waals surface area contributed by atoms with Crippen molar-refractivity contribution in [2.75, 3.05) is 34.9 Å². The molecule has 0 unspecified atom stereocenters. The van der Waals surface area contributed by atoms with Crippen LogP contribution in [0.3, 0.4) is 0 Å². The van der Waals surface area contributed by atoms with Crippen molar-refractivity contribution in [2.24, 2.45) is 0 Å². The Bertz CT molecular complexity index is 789. The zero-order valence-electron chi connectivity index (χ0n) is 15.3. The van der Waals surface area contributed by atoms with Gasteiger partial charge in [0.15, 0.2) is 11.5 Å². The number of carbonyl (C=O) groups is 1. The topological polar surface area (TPSA) is 77.5 Å². The predicted molar refractivity (Wildman–Crippen MR) is 93.2 cm³/mol. The summed E-state index contributed by atoms with van der Waals surface area (Å²) in [6.45, 7) is 0.903. The second-order valence-electron chi connectivity index (χ2n) is 6.91. The fourth-order valence-electron chi connectivity index (χ4n) is 4.59. The second-order valence-corrected chi connectivity index (χ2v) is 6.91. The molecule has 1 fully saturated rings. The van der Waals surface area contributed by atoms with Crippen LogP contribution >= 0.6 is 0 Å². The average Bonchev–Trinajstić information content (AvgIpc) is 3.00. The summed E-state index contributed by atoms with van der Waals surface area (Å²) >= 11 is 0. The molecule has 1 saturated heterocycles. The summed E-state index contributed by atoms with van der Waals surface area (Å²) in [5.74, 6) is 0.435. The van der Waals surface area contributed by atoms with Crippen LogP contribution in [0.4, 0.5) is 0 Å². The monoisotopic (exact) mass is 361 g/mol. The molecule has 3 aliphatic rings. The van der Waals surface area contributed by atoms with E-state index < -0.39 is 18.2 Å². The third-order valence-electron chi connectivity index (χ3n) is 5.69. The highest BCUT2D eigenvalue weighted by Gasteiger charge is 2.51. The van der Waals surface area contributed by atoms with Gasteiger partial charge in [-0.2, -0.15) is 0 Å². The van der Waals surface area contributed by atoms with Gasteiger partial charge in [-0.25, -0.2) is 4.79 Å². The molecule has 2 heterocycles. The molecule has 0 aromatic heterocycles. The molecule has 1 aliphatic carbocycles. The smallest absolute Gasteiger partial charge is 0.342 e. The molecule has 1 aromatic rings. The molecule has 7 nitrogen and oxygen atoms in total. The maximum absolute atomic E-state index is 12.8. The average molecular weight is 361 g/mol. The molecule has 140 valence electrons. The molecule has 1 aromatic carbocycles. The number of nitrogens with zero attached hydrogens (tertiary/aromatic N) is 1. The van der Waals surface area contributed by atoms with Gasteiger partial charge in [0.2, 0.25) is 5.75 Å². The van der Waals surface area contributed by atoms with Crippen LogP contribution in [0.5, 0.6) is 17.2 Å². The van der Waals surface area contributed by atoms with E-state index in [-0.39, 0.29) is 12.0 Å². The highest BCUT2D eigenvalue weighted by atomic mass is 16.6. The first-order chi connectivity index (χ1) is 12.5. The molecule has 0 amide bonds. The Morgan fingerprint density at radius 3 is 2.58 bits per heavy atom. The fraction of sp³-hybridized carbons (Fsp3) is 0.526. The number of carbonyl (C=O) groups excluding carboxylic acids is 1. The zero-order valence-corrected chi connectivity index (χ0v) is 15.3. The van der Waals surface area contributed by atoms with Gasteiger partial charge in [0.05, 0.1) is 21.3 Å². The first-order valence-electron chi connectivity index (χ1n) is 8.64. The van der Waals surface area contributed by atoms with E-state index in [1.165, 1.54) is 19.8 Å². The number of benzene rings is 1. The fourth-order valence-corrected chi connectivity index (χ4v) is 4.59. The number of likely N-dealkylation sites (tertiary alicyclic amines) is 1. The molecule has 1 N–H and O–H groups in total. The zero-order chi connectivity index (χ0) is 18.6. The summed E-state index contributed by atoms with van der Waals surface area (Å²) in [5.41, 5.74) is 2.29. The van der Waals surface area contributed by atoms with Gasteiger partial charge in [-0.15, -0.1) is 0 Å². The van der Waals surface area contributed by atoms with Crippen molar-refractivity contribution >= 4 is 5.97 Å². The minimum atomic E-state index is -0.825. The largest absolute Gasteiger partial charge is 0.493 e. The summed E-state index contributed by atoms with van der Waals surface area (Å²) in [5, 5.41) is 10.6. The molecule has 4 rings (SSSR count). The first kappa shape index (κ1) is 17.2. The van der Waals surface area contributed by atoms with Crippen LogP contribution in [0, 0.1) is 0 Å². The molecular formula is C19H23NO6. The molecule has 4 atom stereocenters. The first-order valence-corrected chi connectivity index (χ1v) is 8.64. The maximum atomic E-state index is 12.8. The summed E-state index contributed by atoms with van der Waals surface area (Å²) in [4.78, 5) is 15.0. The number of hydrogen-bond donors (Lipinski definition) is 1. The summed E-state index contributed by atoms with van der Waals surface area (Å²) in [6.07, 6.45) is 1.28. The lowest BCUT2D eigenvalue weighted by Crippen LogP contribution is -2.50. The number of aliphatic hydroxyl groups is 1. The lowest BCUT2D eigenvalue weighted by molar-refractivity contribution is -0.0341. The quantitative estimate of drug-likeness (QED) is 0.643. The van der Waals surface area contributed by atoms with Crippen LogP contribution in [0.1, 0.15) is 28.3 Å². The second kappa shape index (κ2) is 6.17. The van der Waals surface area contributed by atoms with Crippen molar-refractivity contribution in [2.45, 2.75) is 30.6 Å². The molecule has 7 heteroatoms. The molecule has 0 spiro atoms. The minimum Gasteiger partial charge on any atom is -0.493 e. The van der Waals surface area contributed by atoms with Gasteiger partial charge in [-0.1, -0.05) is 11.6 Å². The van der Waals surface area contributed by atoms with Crippen molar-refractivity contribution < 1.29 is 28.8 Å². The van der Waals surface area contributed by atoms with Crippen LogP contribution in [0.2, 0.25) is 0 Å². The van der Waals surface area contributed by atoms with Crippen molar-refractivity contribution in [1.29, 1.82) is 0 Å². The summed E-state index contributed by atoms with van der Waals surface area (Å²) in [7, 11) is 6.58. The normalized spacial score (nSPS) is 29.9. The third kappa shape index (κ3) is 2.23. The Kier molecular flexibility index (Phi) is 4.08. The maximum Gasteiger partial charge on any atom is 0.342 e. The van der Waals surface area contributed by atoms with Crippen LogP contribution < -0.4 is 14.2 Å². The van der Waals surface area contributed by atoms with E-state index in [1.807, 2.05) is 19.2 Å². The van der Waals surface area contributed by atoms with Crippen molar-refractivity contribution in [1.82, 2.24) is 4.90 Å². The standard InChI is InChI=1S/C19H23NO6/c1-20-6-5-9-7-11(21)16-13(15(9)20)10-8-12(23-2)17(24-3)18(25-4)14(10)19(22)26-16/h7-8,11,13,15-16,21H,5-6H2,1-4H3/t11-,13+,15-,16-/m1/s1. The highest BCUT2D eigenvalue weighted by molar-refractivity contribution is 5.97. The van der Waals surface area contributed by atoms with Crippen LogP contribution in [-0.2, 0) is 4.74 Å². The van der Waals surface area contributed by atoms with Crippen molar-refractivity contribution in [3.63, 3.8) is 0 Å². The Morgan fingerprint density at radius 1 is 1.19 bits per heavy atom. The molecule has 2 aliphatic heterocycles. The third-order valence-corrected chi connectivity index (χ3v) is 5.69. The van der Waals surface area contributed by atoms with Gasteiger partial charge < -0.3 is 24.1 Å². The number of fused-ring (bicyclic) bond motifs is 5. The number of rotatable bonds is 3. The number of esters is 1. The number of methoxy groups -OCH3 is 3. The van der Waals surface area contributed by atoms with E-state index in [0.29, 0.717) is 22.8 Å². The Morgan fingerprint density at radius 2 is 1.92 bits per heavy atom. The van der Waals surface area contributed by atoms with Gasteiger partial charge >= 0.3 is 5.97 Å². The molecular weight excluding hydrogens is 338 g/mol. The number of hydrogen-bond acceptors (Lipinski definition) is 7. The van der Waals surface area contributed by atoms with Gasteiger partial charge in [-0.05, 0) is 25.1 Å². The minimum absolute atomic E-state index is 0.0676. The van der Waals surface area contributed by atoms with Gasteiger partial charge in [0.1, 0.15) is 17.8 Å². The SMILES string of the molecule is COc1cc2c(c(OC)c1OC)C(=O)O[C@H]1[C@@H]2[C@H]2C(=C[C@H]1O)CCN2C. The summed E-state index contributed by atoms with van der Waals surface area (Å²) in [6, 6.07) is 1.88. The Balaban J connectivity index is 1.97. The lowest BCUT2D eigenvalue weighted by atomic mass is 9.73. The Hall–Kier alpha value is -2.25. The van der Waals surface area contributed by atoms with E-state index in [0.717, 1.165) is 18.5 Å². The van der Waals surface area contributed by atoms with Crippen LogP contribution in [0.15, 0.2) is 17.7 Å². The molecule has 26 heavy (non-hydrogen) atoms. The van der Waals surface area contributed by atoms with E-state index in [2.05, 4.69) is 4.90 Å². The van der Waals surface area contributed by atoms with E-state index in [9.17, 15) is 9.90 Å². The Labute approximate surface area is 152 Å². The van der Waals surface area contributed by atoms with E-state index in [4.69, 9.17) is 18.9 Å². The van der Waals surface area contributed by atoms with Crippen LogP contribution in [-0.4, -0.2) is 69.1 Å². The predicted octanol–water partition coefficient (Wildman–Crippen LogP) is 1.34. The van der Waals surface area contributed by atoms with Crippen molar-refractivity contribution in [3.8, 4) is 17.2 Å². The summed E-state index contributed by atoms with van der Waals surface area (Å²) < 4.78 is 22.0. The van der Waals surface area contributed by atoms with E-state index in [1.54, 1.807) is 7.11 Å². The number of aliphatic hydroxyl groups excluding tert-OH is 1. The highest BCUT2D eigenvalue weighted by Crippen LogP contribution is 2.52. The molecule has 0 saturated carbocycles.